The zero-order chi connectivity index (χ0) is 36.6. The first kappa shape index (κ1) is 34.6. The number of pyridine rings is 1. The van der Waals surface area contributed by atoms with Crippen LogP contribution in [-0.4, -0.2) is 60.5 Å². The average Bonchev–Trinajstić information content (AvgIpc) is 3.76. The third-order valence-electron chi connectivity index (χ3n) is 9.97. The van der Waals surface area contributed by atoms with Crippen LogP contribution in [0.4, 0.5) is 0 Å². The van der Waals surface area contributed by atoms with Gasteiger partial charge in [0.1, 0.15) is 34.6 Å². The monoisotopic (exact) mass is 742 g/mol. The number of halogens is 1. The molecule has 1 amide bonds. The van der Waals surface area contributed by atoms with Gasteiger partial charge in [-0.3, -0.25) is 23.9 Å². The smallest absolute Gasteiger partial charge is 0.255 e. The number of benzene rings is 2. The van der Waals surface area contributed by atoms with Gasteiger partial charge in [-0.15, -0.1) is 21.5 Å². The van der Waals surface area contributed by atoms with Gasteiger partial charge in [0.15, 0.2) is 11.6 Å². The normalized spacial score (nSPS) is 16.4. The van der Waals surface area contributed by atoms with E-state index in [9.17, 15) is 14.4 Å². The summed E-state index contributed by atoms with van der Waals surface area (Å²) >= 11 is 7.80. The SMILES string of the molecule is Cc1c(C#Cc2ccc(CCCCOc3cccc4c3CN(C3CCC(=O)CC3=O)C4=O)cn2)sc2c1C(c1ccc(Cl)cc1)=NCc1nnc(C)n1-2. The van der Waals surface area contributed by atoms with Crippen molar-refractivity contribution < 1.29 is 19.1 Å². The molecule has 12 heteroatoms. The molecular weight excluding hydrogens is 708 g/mol. The fraction of sp³-hybridized carbons (Fsp3) is 0.293. The molecule has 0 spiro atoms. The minimum atomic E-state index is -0.543. The van der Waals surface area contributed by atoms with Crippen LogP contribution < -0.4 is 4.74 Å². The molecular formula is C41H35ClN6O4S. The summed E-state index contributed by atoms with van der Waals surface area (Å²) in [5, 5.41) is 10.4. The first-order valence-electron chi connectivity index (χ1n) is 17.7. The second kappa shape index (κ2) is 14.5. The highest BCUT2D eigenvalue weighted by atomic mass is 35.5. The number of aliphatic imine (C=N–C) groups is 1. The van der Waals surface area contributed by atoms with Crippen LogP contribution in [0, 0.1) is 25.7 Å². The lowest BCUT2D eigenvalue weighted by Gasteiger charge is -2.29. The number of ketones is 2. The van der Waals surface area contributed by atoms with Gasteiger partial charge in [0, 0.05) is 39.9 Å². The number of aryl methyl sites for hydroxylation is 2. The Labute approximate surface area is 315 Å². The Kier molecular flexibility index (Phi) is 9.49. The number of ether oxygens (including phenoxy) is 1. The molecule has 5 aromatic rings. The van der Waals surface area contributed by atoms with E-state index < -0.39 is 6.04 Å². The zero-order valence-electron chi connectivity index (χ0n) is 29.3. The predicted molar refractivity (Wildman–Crippen MR) is 202 cm³/mol. The molecule has 0 radical (unpaired) electrons. The highest BCUT2D eigenvalue weighted by Gasteiger charge is 2.40. The lowest BCUT2D eigenvalue weighted by molar-refractivity contribution is -0.133. The third kappa shape index (κ3) is 6.80. The van der Waals surface area contributed by atoms with Crippen molar-refractivity contribution in [2.24, 2.45) is 4.99 Å². The molecule has 3 aromatic heterocycles. The van der Waals surface area contributed by atoms with Gasteiger partial charge in [0.2, 0.25) is 0 Å². The molecule has 0 N–H and O–H groups in total. The third-order valence-corrected chi connectivity index (χ3v) is 11.4. The highest BCUT2D eigenvalue weighted by molar-refractivity contribution is 7.15. The number of Topliss-reactive ketones (excluding diaryl/α,β-unsaturated/α-hetero) is 2. The van der Waals surface area contributed by atoms with E-state index in [2.05, 4.69) is 44.6 Å². The fourth-order valence-corrected chi connectivity index (χ4v) is 8.54. The number of hydrogen-bond donors (Lipinski definition) is 0. The number of hydrogen-bond acceptors (Lipinski definition) is 9. The minimum Gasteiger partial charge on any atom is -0.493 e. The predicted octanol–water partition coefficient (Wildman–Crippen LogP) is 6.79. The van der Waals surface area contributed by atoms with Crippen molar-refractivity contribution in [2.45, 2.75) is 71.5 Å². The first-order chi connectivity index (χ1) is 25.7. The number of rotatable bonds is 8. The summed E-state index contributed by atoms with van der Waals surface area (Å²) in [5.74, 6) is 8.51. The van der Waals surface area contributed by atoms with E-state index in [0.717, 1.165) is 74.3 Å². The van der Waals surface area contributed by atoms with Crippen molar-refractivity contribution in [1.29, 1.82) is 0 Å². The summed E-state index contributed by atoms with van der Waals surface area (Å²) in [4.78, 5) is 49.5. The summed E-state index contributed by atoms with van der Waals surface area (Å²) in [6.45, 7) is 5.29. The Bertz CT molecular complexity index is 2370. The standard InChI is InChI=1S/C41H35ClN6O4S/c1-24-36(53-41-38(24)39(27-10-12-28(42)13-11-27)44-22-37-46-45-25(2)48(37)41)18-15-29-14-9-26(21-43-29)6-3-4-19-52-35-8-5-7-31-32(35)23-47(40(31)51)33-17-16-30(49)20-34(33)50/h5,7-14,21,33H,3-4,6,16-17,19-20,22-23H2,1-2H3. The molecule has 266 valence electrons. The molecule has 1 fully saturated rings. The lowest BCUT2D eigenvalue weighted by atomic mass is 9.92. The van der Waals surface area contributed by atoms with Crippen molar-refractivity contribution in [3.05, 3.63) is 121 Å². The van der Waals surface area contributed by atoms with Crippen LogP contribution >= 0.6 is 22.9 Å². The second-order valence-electron chi connectivity index (χ2n) is 13.5. The summed E-state index contributed by atoms with van der Waals surface area (Å²) in [5.41, 5.74) is 7.13. The number of thiophene rings is 1. The molecule has 53 heavy (non-hydrogen) atoms. The maximum atomic E-state index is 13.1. The Morgan fingerprint density at radius 1 is 1.00 bits per heavy atom. The van der Waals surface area contributed by atoms with Crippen molar-refractivity contribution in [2.75, 3.05) is 6.61 Å². The topological polar surface area (TPSA) is 120 Å². The summed E-state index contributed by atoms with van der Waals surface area (Å²) in [6, 6.07) is 16.7. The van der Waals surface area contributed by atoms with Gasteiger partial charge in [0.25, 0.3) is 5.91 Å². The molecule has 5 heterocycles. The number of aromatic nitrogens is 4. The molecule has 2 aliphatic heterocycles. The molecule has 3 aliphatic rings. The molecule has 1 unspecified atom stereocenters. The van der Waals surface area contributed by atoms with Crippen LogP contribution in [0.2, 0.25) is 5.02 Å². The van der Waals surface area contributed by atoms with E-state index >= 15 is 0 Å². The summed E-state index contributed by atoms with van der Waals surface area (Å²) < 4.78 is 8.22. The van der Waals surface area contributed by atoms with Crippen molar-refractivity contribution in [3.63, 3.8) is 0 Å². The Hall–Kier alpha value is -5.44. The maximum absolute atomic E-state index is 13.1. The zero-order valence-corrected chi connectivity index (χ0v) is 30.9. The molecule has 1 saturated carbocycles. The van der Waals surface area contributed by atoms with E-state index in [4.69, 9.17) is 21.3 Å². The maximum Gasteiger partial charge on any atom is 0.255 e. The average molecular weight is 743 g/mol. The van der Waals surface area contributed by atoms with E-state index in [0.29, 0.717) is 54.6 Å². The Balaban J connectivity index is 0.895. The summed E-state index contributed by atoms with van der Waals surface area (Å²) in [6.07, 6.45) is 5.07. The van der Waals surface area contributed by atoms with Crippen LogP contribution in [0.1, 0.15) is 92.5 Å². The number of carbonyl (C=O) groups is 3. The lowest BCUT2D eigenvalue weighted by Crippen LogP contribution is -2.44. The summed E-state index contributed by atoms with van der Waals surface area (Å²) in [7, 11) is 0. The fourth-order valence-electron chi connectivity index (χ4n) is 7.18. The molecule has 10 nitrogen and oxygen atoms in total. The Morgan fingerprint density at radius 2 is 1.85 bits per heavy atom. The van der Waals surface area contributed by atoms with E-state index in [1.807, 2.05) is 55.6 Å². The van der Waals surface area contributed by atoms with Gasteiger partial charge >= 0.3 is 0 Å². The molecule has 1 aliphatic carbocycles. The van der Waals surface area contributed by atoms with Gasteiger partial charge in [-0.1, -0.05) is 35.9 Å². The van der Waals surface area contributed by atoms with Gasteiger partial charge < -0.3 is 9.64 Å². The largest absolute Gasteiger partial charge is 0.493 e. The van der Waals surface area contributed by atoms with Crippen molar-refractivity contribution >= 4 is 46.1 Å². The van der Waals surface area contributed by atoms with Crippen LogP contribution in [0.25, 0.3) is 5.00 Å². The highest BCUT2D eigenvalue weighted by Crippen LogP contribution is 2.37. The van der Waals surface area contributed by atoms with Gasteiger partial charge in [-0.2, -0.15) is 0 Å². The number of amides is 1. The van der Waals surface area contributed by atoms with Gasteiger partial charge in [-0.05, 0) is 92.8 Å². The quantitative estimate of drug-likeness (QED) is 0.0976. The number of unbranched alkanes of at least 4 members (excludes halogenated alkanes) is 1. The Morgan fingerprint density at radius 3 is 2.64 bits per heavy atom. The van der Waals surface area contributed by atoms with Gasteiger partial charge in [0.05, 0.1) is 36.2 Å². The van der Waals surface area contributed by atoms with Crippen molar-refractivity contribution in [1.82, 2.24) is 24.6 Å². The molecule has 0 bridgehead atoms. The second-order valence-corrected chi connectivity index (χ2v) is 14.9. The minimum absolute atomic E-state index is 0.0538. The molecule has 8 rings (SSSR count). The number of nitrogens with zero attached hydrogens (tertiary/aromatic N) is 6. The number of fused-ring (bicyclic) bond motifs is 4. The van der Waals surface area contributed by atoms with Crippen LogP contribution in [0.3, 0.4) is 0 Å². The molecule has 2 aromatic carbocycles. The van der Waals surface area contributed by atoms with Crippen LogP contribution in [0.15, 0.2) is 65.8 Å². The van der Waals surface area contributed by atoms with Crippen LogP contribution in [0.5, 0.6) is 5.75 Å². The van der Waals surface area contributed by atoms with Crippen LogP contribution in [-0.2, 0) is 29.1 Å². The van der Waals surface area contributed by atoms with Crippen molar-refractivity contribution in [3.8, 4) is 22.6 Å². The van der Waals surface area contributed by atoms with E-state index in [1.165, 1.54) is 0 Å². The molecule has 1 atom stereocenters. The first-order valence-corrected chi connectivity index (χ1v) is 18.9. The van der Waals surface area contributed by atoms with E-state index in [1.54, 1.807) is 22.3 Å². The molecule has 0 saturated heterocycles. The number of carbonyl (C=O) groups excluding carboxylic acids is 3. The van der Waals surface area contributed by atoms with E-state index in [-0.39, 0.29) is 23.9 Å². The van der Waals surface area contributed by atoms with Gasteiger partial charge in [-0.25, -0.2) is 4.98 Å².